The summed E-state index contributed by atoms with van der Waals surface area (Å²) in [5, 5.41) is 21.0. The number of hydrogen-bond donors (Lipinski definition) is 3. The molecule has 1 rings (SSSR count). The molecule has 0 radical (unpaired) electrons. The number of benzene rings is 1. The zero-order chi connectivity index (χ0) is 21.3. The van der Waals surface area contributed by atoms with Gasteiger partial charge in [0.25, 0.3) is 0 Å². The van der Waals surface area contributed by atoms with Crippen LogP contribution in [0.1, 0.15) is 56.9 Å². The van der Waals surface area contributed by atoms with Crippen molar-refractivity contribution in [2.75, 3.05) is 13.2 Å². The van der Waals surface area contributed by atoms with Crippen molar-refractivity contribution in [3.05, 3.63) is 48.6 Å². The van der Waals surface area contributed by atoms with Crippen LogP contribution < -0.4 is 5.32 Å². The van der Waals surface area contributed by atoms with E-state index < -0.39 is 24.7 Å². The molecule has 3 N–H and O–H groups in total. The Kier molecular flexibility index (Phi) is 13.5. The maximum atomic E-state index is 12.4. The summed E-state index contributed by atoms with van der Waals surface area (Å²) < 4.78 is 5.05. The topological polar surface area (TPSA) is 95.9 Å². The molecule has 1 aromatic carbocycles. The van der Waals surface area contributed by atoms with E-state index in [9.17, 15) is 14.7 Å². The van der Waals surface area contributed by atoms with Crippen molar-refractivity contribution in [2.24, 2.45) is 0 Å². The van der Waals surface area contributed by atoms with Gasteiger partial charge in [0.2, 0.25) is 5.91 Å². The summed E-state index contributed by atoms with van der Waals surface area (Å²) in [5.41, 5.74) is 0.900. The Morgan fingerprint density at radius 1 is 1.07 bits per heavy atom. The zero-order valence-corrected chi connectivity index (χ0v) is 17.2. The van der Waals surface area contributed by atoms with Gasteiger partial charge in [-0.25, -0.2) is 4.79 Å². The predicted octanol–water partition coefficient (Wildman–Crippen LogP) is 2.92. The highest BCUT2D eigenvalue weighted by molar-refractivity contribution is 5.84. The lowest BCUT2D eigenvalue weighted by Crippen LogP contribution is -2.44. The summed E-state index contributed by atoms with van der Waals surface area (Å²) in [6, 6.07) is 8.54. The van der Waals surface area contributed by atoms with E-state index in [0.29, 0.717) is 12.8 Å². The summed E-state index contributed by atoms with van der Waals surface area (Å²) in [6.45, 7) is 2.92. The molecule has 1 amide bonds. The largest absolute Gasteiger partial charge is 0.461 e. The molecule has 1 aromatic rings. The molecule has 0 fully saturated rings. The van der Waals surface area contributed by atoms with Crippen LogP contribution >= 0.6 is 0 Å². The number of esters is 1. The molecule has 0 heterocycles. The van der Waals surface area contributed by atoms with Gasteiger partial charge in [-0.3, -0.25) is 4.79 Å². The Labute approximate surface area is 174 Å². The fourth-order valence-corrected chi connectivity index (χ4v) is 2.92. The Morgan fingerprint density at radius 3 is 2.38 bits per heavy atom. The van der Waals surface area contributed by atoms with Crippen molar-refractivity contribution in [1.82, 2.24) is 5.32 Å². The van der Waals surface area contributed by atoms with Gasteiger partial charge in [-0.1, -0.05) is 62.1 Å². The summed E-state index contributed by atoms with van der Waals surface area (Å²) >= 11 is 0. The molecule has 162 valence electrons. The van der Waals surface area contributed by atoms with E-state index >= 15 is 0 Å². The van der Waals surface area contributed by atoms with Gasteiger partial charge in [0.1, 0.15) is 18.8 Å². The van der Waals surface area contributed by atoms with Crippen LogP contribution in [0.3, 0.4) is 0 Å². The fourth-order valence-electron chi connectivity index (χ4n) is 2.92. The Morgan fingerprint density at radius 2 is 1.72 bits per heavy atom. The number of unbranched alkanes of at least 4 members (excludes halogenated alkanes) is 6. The number of allylic oxidation sites excluding steroid dienone is 1. The van der Waals surface area contributed by atoms with Crippen molar-refractivity contribution in [3.63, 3.8) is 0 Å². The summed E-state index contributed by atoms with van der Waals surface area (Å²) in [5.74, 6) is -0.797. The maximum Gasteiger partial charge on any atom is 0.329 e. The zero-order valence-electron chi connectivity index (χ0n) is 17.2. The second-order valence-corrected chi connectivity index (χ2v) is 7.22. The summed E-state index contributed by atoms with van der Waals surface area (Å²) in [7, 11) is 0. The van der Waals surface area contributed by atoms with E-state index in [1.165, 1.54) is 6.42 Å². The highest BCUT2D eigenvalue weighted by Gasteiger charge is 2.23. The van der Waals surface area contributed by atoms with Crippen LogP contribution in [0.2, 0.25) is 0 Å². The first-order chi connectivity index (χ1) is 14.1. The number of hydrogen-bond acceptors (Lipinski definition) is 5. The Bertz CT molecular complexity index is 590. The van der Waals surface area contributed by atoms with Gasteiger partial charge in [-0.15, -0.1) is 6.58 Å². The molecule has 6 nitrogen and oxygen atoms in total. The quantitative estimate of drug-likeness (QED) is 0.223. The monoisotopic (exact) mass is 405 g/mol. The minimum absolute atomic E-state index is 0.183. The molecule has 0 aliphatic heterocycles. The van der Waals surface area contributed by atoms with Gasteiger partial charge in [-0.05, 0) is 24.8 Å². The van der Waals surface area contributed by atoms with Gasteiger partial charge < -0.3 is 20.3 Å². The number of aliphatic hydroxyl groups excluding tert-OH is 2. The molecule has 0 aromatic heterocycles. The second-order valence-electron chi connectivity index (χ2n) is 7.22. The molecule has 29 heavy (non-hydrogen) atoms. The van der Waals surface area contributed by atoms with E-state index in [1.54, 1.807) is 0 Å². The maximum absolute atomic E-state index is 12.4. The van der Waals surface area contributed by atoms with Gasteiger partial charge in [0.15, 0.2) is 0 Å². The number of amides is 1. The average molecular weight is 406 g/mol. The average Bonchev–Trinajstić information content (AvgIpc) is 2.73. The summed E-state index contributed by atoms with van der Waals surface area (Å²) in [6.07, 6.45) is 8.91. The van der Waals surface area contributed by atoms with Crippen LogP contribution in [-0.2, 0) is 20.7 Å². The molecule has 0 aliphatic carbocycles. The van der Waals surface area contributed by atoms with Gasteiger partial charge >= 0.3 is 5.97 Å². The van der Waals surface area contributed by atoms with Crippen LogP contribution in [0.25, 0.3) is 0 Å². The number of ether oxygens (including phenoxy) is 1. The highest BCUT2D eigenvalue weighted by Crippen LogP contribution is 2.10. The number of carbonyl (C=O) groups is 2. The molecular formula is C23H35NO5. The van der Waals surface area contributed by atoms with Crippen molar-refractivity contribution in [3.8, 4) is 0 Å². The van der Waals surface area contributed by atoms with Crippen LogP contribution in [0.5, 0.6) is 0 Å². The molecule has 0 bridgehead atoms. The highest BCUT2D eigenvalue weighted by atomic mass is 16.5. The molecule has 2 unspecified atom stereocenters. The molecule has 0 aliphatic rings. The van der Waals surface area contributed by atoms with Crippen LogP contribution in [0.4, 0.5) is 0 Å². The number of rotatable bonds is 16. The molecule has 0 saturated heterocycles. The lowest BCUT2D eigenvalue weighted by atomic mass is 10.0. The first-order valence-electron chi connectivity index (χ1n) is 10.5. The van der Waals surface area contributed by atoms with Crippen molar-refractivity contribution < 1.29 is 24.5 Å². The predicted molar refractivity (Wildman–Crippen MR) is 113 cm³/mol. The standard InChI is InChI=1S/C23H35NO5/c1-2-3-4-5-6-7-8-12-15-22(27)24-21(16-19-13-10-9-11-14-19)23(28)29-18-20(26)17-25/h2,9-11,13-14,20-21,25-26H,1,3-8,12,15-18H2,(H,24,27). The van der Waals surface area contributed by atoms with Gasteiger partial charge in [-0.2, -0.15) is 0 Å². The minimum atomic E-state index is -1.13. The van der Waals surface area contributed by atoms with E-state index in [4.69, 9.17) is 9.84 Å². The van der Waals surface area contributed by atoms with Crippen molar-refractivity contribution in [1.29, 1.82) is 0 Å². The SMILES string of the molecule is C=CCCCCCCCCC(=O)NC(Cc1ccccc1)C(=O)OCC(O)CO. The second kappa shape index (κ2) is 15.7. The van der Waals surface area contributed by atoms with Crippen LogP contribution in [0.15, 0.2) is 43.0 Å². The molecule has 6 heteroatoms. The first kappa shape index (κ1) is 24.9. The lowest BCUT2D eigenvalue weighted by molar-refractivity contribution is -0.151. The lowest BCUT2D eigenvalue weighted by Gasteiger charge is -2.19. The summed E-state index contributed by atoms with van der Waals surface area (Å²) in [4.78, 5) is 24.7. The molecular weight excluding hydrogens is 370 g/mol. The molecule has 0 saturated carbocycles. The van der Waals surface area contributed by atoms with Crippen molar-refractivity contribution in [2.45, 2.75) is 69.9 Å². The van der Waals surface area contributed by atoms with E-state index in [2.05, 4.69) is 11.9 Å². The van der Waals surface area contributed by atoms with E-state index in [-0.39, 0.29) is 12.5 Å². The minimum Gasteiger partial charge on any atom is -0.461 e. The third-order valence-corrected chi connectivity index (χ3v) is 4.59. The van der Waals surface area contributed by atoms with Gasteiger partial charge in [0, 0.05) is 12.8 Å². The normalized spacial score (nSPS) is 12.8. The van der Waals surface area contributed by atoms with Crippen LogP contribution in [-0.4, -0.2) is 47.4 Å². The van der Waals surface area contributed by atoms with Gasteiger partial charge in [0.05, 0.1) is 6.61 Å². The van der Waals surface area contributed by atoms with E-state index in [1.807, 2.05) is 36.4 Å². The first-order valence-corrected chi connectivity index (χ1v) is 10.5. The number of aliphatic hydroxyl groups is 2. The third kappa shape index (κ3) is 12.1. The van der Waals surface area contributed by atoms with Crippen molar-refractivity contribution >= 4 is 11.9 Å². The Hall–Kier alpha value is -2.18. The fraction of sp³-hybridized carbons (Fsp3) is 0.565. The smallest absolute Gasteiger partial charge is 0.329 e. The van der Waals surface area contributed by atoms with Crippen LogP contribution in [0, 0.1) is 0 Å². The third-order valence-electron chi connectivity index (χ3n) is 4.59. The molecule has 2 atom stereocenters. The van der Waals surface area contributed by atoms with E-state index in [0.717, 1.165) is 44.1 Å². The molecule has 0 spiro atoms. The Balaban J connectivity index is 2.43. The number of nitrogens with one attached hydrogen (secondary N) is 1. The number of carbonyl (C=O) groups excluding carboxylic acids is 2.